The van der Waals surface area contributed by atoms with E-state index in [9.17, 15) is 0 Å². The Morgan fingerprint density at radius 2 is 1.89 bits per heavy atom. The van der Waals surface area contributed by atoms with Crippen molar-refractivity contribution in [3.05, 3.63) is 0 Å². The van der Waals surface area contributed by atoms with E-state index in [0.29, 0.717) is 10.8 Å². The summed E-state index contributed by atoms with van der Waals surface area (Å²) in [6, 6.07) is 0. The highest BCUT2D eigenvalue weighted by molar-refractivity contribution is 5.00. The molecule has 1 rings (SSSR count). The van der Waals surface area contributed by atoms with Crippen LogP contribution in [0.2, 0.25) is 0 Å². The molecule has 0 aromatic carbocycles. The summed E-state index contributed by atoms with van der Waals surface area (Å²) >= 11 is 0. The Labute approximate surface area is 57.6 Å². The van der Waals surface area contributed by atoms with Gasteiger partial charge in [-0.05, 0) is 30.2 Å². The molecule has 2 N–H and O–H groups in total. The van der Waals surface area contributed by atoms with Crippen LogP contribution >= 0.6 is 0 Å². The highest BCUT2D eigenvalue weighted by Crippen LogP contribution is 2.57. The molecule has 0 unspecified atom stereocenters. The molecule has 1 aliphatic carbocycles. The monoisotopic (exact) mass is 127 g/mol. The zero-order valence-corrected chi connectivity index (χ0v) is 6.70. The summed E-state index contributed by atoms with van der Waals surface area (Å²) in [6.07, 6.45) is 2.74. The molecule has 0 heterocycles. The fraction of sp³-hybridized carbons (Fsp3) is 1.00. The summed E-state index contributed by atoms with van der Waals surface area (Å²) in [6.45, 7) is 7.68. The van der Waals surface area contributed by atoms with Gasteiger partial charge in [0.2, 0.25) is 0 Å². The largest absolute Gasteiger partial charge is 0.330 e. The first-order chi connectivity index (χ1) is 4.02. The van der Waals surface area contributed by atoms with Gasteiger partial charge in [0.15, 0.2) is 0 Å². The molecule has 1 nitrogen and oxygen atoms in total. The van der Waals surface area contributed by atoms with Crippen LogP contribution in [-0.2, 0) is 0 Å². The zero-order valence-electron chi connectivity index (χ0n) is 6.70. The Morgan fingerprint density at radius 1 is 1.44 bits per heavy atom. The maximum absolute atomic E-state index is 5.63. The second kappa shape index (κ2) is 1.72. The van der Waals surface area contributed by atoms with Crippen LogP contribution in [0.4, 0.5) is 0 Å². The van der Waals surface area contributed by atoms with Gasteiger partial charge in [0.25, 0.3) is 0 Å². The molecule has 1 saturated carbocycles. The van der Waals surface area contributed by atoms with E-state index in [0.717, 1.165) is 6.54 Å². The highest BCUT2D eigenvalue weighted by atomic mass is 14.7. The number of hydrogen-bond donors (Lipinski definition) is 1. The molecule has 0 aromatic rings. The fourth-order valence-corrected chi connectivity index (χ4v) is 1.11. The van der Waals surface area contributed by atoms with Gasteiger partial charge in [-0.2, -0.15) is 0 Å². The Hall–Kier alpha value is -0.0400. The van der Waals surface area contributed by atoms with Crippen LogP contribution in [0.15, 0.2) is 0 Å². The van der Waals surface area contributed by atoms with E-state index < -0.39 is 0 Å². The lowest BCUT2D eigenvalue weighted by atomic mass is 9.77. The maximum atomic E-state index is 5.63. The minimum absolute atomic E-state index is 0.368. The lowest BCUT2D eigenvalue weighted by Gasteiger charge is -2.30. The van der Waals surface area contributed by atoms with Crippen molar-refractivity contribution in [3.8, 4) is 0 Å². The third-order valence-electron chi connectivity index (χ3n) is 3.14. The van der Waals surface area contributed by atoms with Crippen molar-refractivity contribution in [1.29, 1.82) is 0 Å². The summed E-state index contributed by atoms with van der Waals surface area (Å²) in [5, 5.41) is 0. The summed E-state index contributed by atoms with van der Waals surface area (Å²) in [5.74, 6) is 0. The molecule has 0 aliphatic heterocycles. The van der Waals surface area contributed by atoms with Crippen molar-refractivity contribution in [2.24, 2.45) is 16.6 Å². The summed E-state index contributed by atoms with van der Waals surface area (Å²) in [7, 11) is 0. The molecule has 0 aromatic heterocycles. The summed E-state index contributed by atoms with van der Waals surface area (Å²) in [4.78, 5) is 0. The van der Waals surface area contributed by atoms with Crippen LogP contribution in [0.3, 0.4) is 0 Å². The van der Waals surface area contributed by atoms with Crippen molar-refractivity contribution in [1.82, 2.24) is 0 Å². The smallest absolute Gasteiger partial charge is 0.00206 e. The fourth-order valence-electron chi connectivity index (χ4n) is 1.11. The SMILES string of the molecule is CC(C)(CN)C1(C)CC1. The topological polar surface area (TPSA) is 26.0 Å². The van der Waals surface area contributed by atoms with E-state index in [1.54, 1.807) is 0 Å². The van der Waals surface area contributed by atoms with Gasteiger partial charge < -0.3 is 5.73 Å². The van der Waals surface area contributed by atoms with E-state index >= 15 is 0 Å². The molecule has 1 aliphatic rings. The van der Waals surface area contributed by atoms with E-state index in [1.165, 1.54) is 12.8 Å². The van der Waals surface area contributed by atoms with E-state index in [1.807, 2.05) is 0 Å². The first-order valence-corrected chi connectivity index (χ1v) is 3.72. The molecule has 0 bridgehead atoms. The van der Waals surface area contributed by atoms with Crippen molar-refractivity contribution in [2.45, 2.75) is 33.6 Å². The lowest BCUT2D eigenvalue weighted by Crippen LogP contribution is -2.31. The van der Waals surface area contributed by atoms with Gasteiger partial charge in [0, 0.05) is 0 Å². The standard InChI is InChI=1S/C8H17N/c1-7(2,6-9)8(3)4-5-8/h4-6,9H2,1-3H3. The molecule has 54 valence electrons. The zero-order chi connectivity index (χ0) is 7.12. The van der Waals surface area contributed by atoms with Crippen LogP contribution in [-0.4, -0.2) is 6.54 Å². The van der Waals surface area contributed by atoms with Crippen molar-refractivity contribution < 1.29 is 0 Å². The third-order valence-corrected chi connectivity index (χ3v) is 3.14. The van der Waals surface area contributed by atoms with Gasteiger partial charge in [0.05, 0.1) is 0 Å². The molecule has 1 heteroatoms. The van der Waals surface area contributed by atoms with Crippen LogP contribution in [0.1, 0.15) is 33.6 Å². The van der Waals surface area contributed by atoms with Gasteiger partial charge in [-0.3, -0.25) is 0 Å². The molecule has 0 amide bonds. The van der Waals surface area contributed by atoms with Crippen molar-refractivity contribution >= 4 is 0 Å². The average molecular weight is 127 g/mol. The maximum Gasteiger partial charge on any atom is -0.00206 e. The number of rotatable bonds is 2. The Morgan fingerprint density at radius 3 is 2.00 bits per heavy atom. The number of hydrogen-bond acceptors (Lipinski definition) is 1. The van der Waals surface area contributed by atoms with Crippen molar-refractivity contribution in [2.75, 3.05) is 6.54 Å². The van der Waals surface area contributed by atoms with E-state index in [2.05, 4.69) is 20.8 Å². The molecule has 1 fully saturated rings. The van der Waals surface area contributed by atoms with Gasteiger partial charge in [-0.1, -0.05) is 20.8 Å². The summed E-state index contributed by atoms with van der Waals surface area (Å²) in [5.41, 5.74) is 6.57. The predicted octanol–water partition coefficient (Wildman–Crippen LogP) is 1.77. The van der Waals surface area contributed by atoms with Crippen LogP contribution in [0.5, 0.6) is 0 Å². The van der Waals surface area contributed by atoms with E-state index in [-0.39, 0.29) is 0 Å². The third kappa shape index (κ3) is 0.983. The van der Waals surface area contributed by atoms with Crippen LogP contribution < -0.4 is 5.73 Å². The first kappa shape index (κ1) is 7.07. The van der Waals surface area contributed by atoms with E-state index in [4.69, 9.17) is 5.73 Å². The molecule has 0 spiro atoms. The Kier molecular flexibility index (Phi) is 1.35. The summed E-state index contributed by atoms with van der Waals surface area (Å²) < 4.78 is 0. The Bertz CT molecular complexity index is 112. The first-order valence-electron chi connectivity index (χ1n) is 3.72. The van der Waals surface area contributed by atoms with Crippen LogP contribution in [0, 0.1) is 10.8 Å². The Balaban J connectivity index is 2.58. The molecule has 0 radical (unpaired) electrons. The van der Waals surface area contributed by atoms with Gasteiger partial charge >= 0.3 is 0 Å². The normalized spacial score (nSPS) is 24.0. The highest BCUT2D eigenvalue weighted by Gasteiger charge is 2.49. The van der Waals surface area contributed by atoms with Gasteiger partial charge in [-0.25, -0.2) is 0 Å². The molecular weight excluding hydrogens is 110 g/mol. The van der Waals surface area contributed by atoms with Crippen LogP contribution in [0.25, 0.3) is 0 Å². The minimum Gasteiger partial charge on any atom is -0.330 e. The molecular formula is C8H17N. The van der Waals surface area contributed by atoms with Crippen molar-refractivity contribution in [3.63, 3.8) is 0 Å². The molecule has 9 heavy (non-hydrogen) atoms. The second-order valence-corrected chi connectivity index (χ2v) is 4.15. The lowest BCUT2D eigenvalue weighted by molar-refractivity contribution is 0.217. The van der Waals surface area contributed by atoms with Gasteiger partial charge in [0.1, 0.15) is 0 Å². The molecule has 0 saturated heterocycles. The minimum atomic E-state index is 0.368. The number of nitrogens with two attached hydrogens (primary N) is 1. The van der Waals surface area contributed by atoms with Gasteiger partial charge in [-0.15, -0.1) is 0 Å². The second-order valence-electron chi connectivity index (χ2n) is 4.15. The predicted molar refractivity (Wildman–Crippen MR) is 40.2 cm³/mol. The quantitative estimate of drug-likeness (QED) is 0.601. The average Bonchev–Trinajstić information content (AvgIpc) is 2.49. The molecule has 0 atom stereocenters.